The third-order valence-electron chi connectivity index (χ3n) is 3.24. The van der Waals surface area contributed by atoms with Crippen molar-refractivity contribution in [3.63, 3.8) is 0 Å². The number of nitriles is 1. The molecule has 24 heavy (non-hydrogen) atoms. The second-order valence-corrected chi connectivity index (χ2v) is 7.14. The molecule has 0 aromatic heterocycles. The zero-order valence-electron chi connectivity index (χ0n) is 14.8. The summed E-state index contributed by atoms with van der Waals surface area (Å²) in [5.41, 5.74) is 1.07. The van der Waals surface area contributed by atoms with E-state index in [1.165, 1.54) is 0 Å². The maximum Gasteiger partial charge on any atom is 0.263 e. The van der Waals surface area contributed by atoms with Crippen molar-refractivity contribution in [1.82, 2.24) is 10.2 Å². The van der Waals surface area contributed by atoms with Crippen LogP contribution in [0.25, 0.3) is 0 Å². The number of carbonyl (C=O) groups excluding carboxylic acids is 1. The van der Waals surface area contributed by atoms with Gasteiger partial charge in [0.1, 0.15) is 11.6 Å². The molecule has 0 aliphatic carbocycles. The lowest BCUT2D eigenvalue weighted by Gasteiger charge is -2.25. The third-order valence-corrected chi connectivity index (χ3v) is 3.49. The number of benzene rings is 1. The molecule has 4 nitrogen and oxygen atoms in total. The van der Waals surface area contributed by atoms with Gasteiger partial charge in [0.2, 0.25) is 0 Å². The molecule has 0 aliphatic rings. The number of amides is 1. The van der Waals surface area contributed by atoms with Crippen molar-refractivity contribution >= 4 is 17.5 Å². The highest BCUT2D eigenvalue weighted by Crippen LogP contribution is 2.10. The Morgan fingerprint density at radius 3 is 2.21 bits per heavy atom. The molecular formula is C19H26ClN3O. The molecule has 1 aromatic rings. The van der Waals surface area contributed by atoms with Crippen LogP contribution >= 0.6 is 11.6 Å². The van der Waals surface area contributed by atoms with E-state index in [0.717, 1.165) is 18.7 Å². The van der Waals surface area contributed by atoms with Crippen molar-refractivity contribution in [2.24, 2.45) is 11.8 Å². The van der Waals surface area contributed by atoms with Crippen molar-refractivity contribution in [2.45, 2.75) is 34.2 Å². The molecule has 0 atom stereocenters. The first-order chi connectivity index (χ1) is 11.3. The average Bonchev–Trinajstić information content (AvgIpc) is 2.50. The summed E-state index contributed by atoms with van der Waals surface area (Å²) in [7, 11) is 0. The summed E-state index contributed by atoms with van der Waals surface area (Å²) in [6, 6.07) is 9.26. The van der Waals surface area contributed by atoms with E-state index in [9.17, 15) is 10.1 Å². The highest BCUT2D eigenvalue weighted by molar-refractivity contribution is 6.30. The molecule has 0 spiro atoms. The monoisotopic (exact) mass is 347 g/mol. The fourth-order valence-electron chi connectivity index (χ4n) is 2.32. The van der Waals surface area contributed by atoms with Crippen LogP contribution in [0.5, 0.6) is 0 Å². The number of hydrogen-bond donors (Lipinski definition) is 1. The Hall–Kier alpha value is -1.99. The Bertz CT molecular complexity index is 590. The van der Waals surface area contributed by atoms with E-state index in [0.29, 0.717) is 23.4 Å². The molecule has 1 aromatic carbocycles. The van der Waals surface area contributed by atoms with Crippen LogP contribution in [-0.2, 0) is 11.3 Å². The molecule has 1 amide bonds. The van der Waals surface area contributed by atoms with Crippen molar-refractivity contribution in [3.05, 3.63) is 46.6 Å². The topological polar surface area (TPSA) is 56.1 Å². The van der Waals surface area contributed by atoms with E-state index in [-0.39, 0.29) is 11.5 Å². The number of halogens is 1. The van der Waals surface area contributed by atoms with E-state index in [1.54, 1.807) is 18.3 Å². The van der Waals surface area contributed by atoms with E-state index in [2.05, 4.69) is 37.9 Å². The van der Waals surface area contributed by atoms with Crippen LogP contribution in [0, 0.1) is 23.2 Å². The van der Waals surface area contributed by atoms with Gasteiger partial charge < -0.3 is 10.2 Å². The first-order valence-electron chi connectivity index (χ1n) is 8.20. The molecular weight excluding hydrogens is 322 g/mol. The van der Waals surface area contributed by atoms with Crippen LogP contribution in [-0.4, -0.2) is 23.9 Å². The normalized spacial score (nSPS) is 11.5. The quantitative estimate of drug-likeness (QED) is 0.571. The van der Waals surface area contributed by atoms with Crippen LogP contribution in [0.1, 0.15) is 33.3 Å². The van der Waals surface area contributed by atoms with Crippen LogP contribution in [0.2, 0.25) is 5.02 Å². The summed E-state index contributed by atoms with van der Waals surface area (Å²) in [6.45, 7) is 10.5. The van der Waals surface area contributed by atoms with E-state index >= 15 is 0 Å². The Kier molecular flexibility index (Phi) is 8.35. The van der Waals surface area contributed by atoms with Crippen LogP contribution < -0.4 is 5.32 Å². The fourth-order valence-corrected chi connectivity index (χ4v) is 2.44. The van der Waals surface area contributed by atoms with Crippen molar-refractivity contribution in [3.8, 4) is 6.07 Å². The molecule has 0 bridgehead atoms. The highest BCUT2D eigenvalue weighted by Gasteiger charge is 2.13. The molecule has 0 saturated heterocycles. The van der Waals surface area contributed by atoms with Gasteiger partial charge in [-0.1, -0.05) is 51.4 Å². The third kappa shape index (κ3) is 7.52. The zero-order valence-corrected chi connectivity index (χ0v) is 15.6. The molecule has 0 saturated carbocycles. The van der Waals surface area contributed by atoms with Crippen LogP contribution in [0.3, 0.4) is 0 Å². The average molecular weight is 348 g/mol. The minimum absolute atomic E-state index is 0.130. The van der Waals surface area contributed by atoms with E-state index in [1.807, 2.05) is 18.2 Å². The number of carbonyl (C=O) groups is 1. The Balaban J connectivity index is 2.75. The number of nitrogens with one attached hydrogen (secondary N) is 1. The number of rotatable bonds is 8. The summed E-state index contributed by atoms with van der Waals surface area (Å²) in [4.78, 5) is 14.3. The SMILES string of the molecule is CC(C)CN(/C=C(/C#N)C(=O)NCc1ccc(Cl)cc1)CC(C)C. The minimum Gasteiger partial charge on any atom is -0.376 e. The molecule has 1 N–H and O–H groups in total. The standard InChI is InChI=1S/C19H26ClN3O/c1-14(2)11-23(12-15(3)4)13-17(9-21)19(24)22-10-16-5-7-18(20)8-6-16/h5-8,13-15H,10-12H2,1-4H3,(H,22,24)/b17-13-. The van der Waals surface area contributed by atoms with Gasteiger partial charge in [0.15, 0.2) is 0 Å². The summed E-state index contributed by atoms with van der Waals surface area (Å²) >= 11 is 5.84. The van der Waals surface area contributed by atoms with Crippen molar-refractivity contribution in [2.75, 3.05) is 13.1 Å². The van der Waals surface area contributed by atoms with Gasteiger partial charge in [0, 0.05) is 30.9 Å². The fraction of sp³-hybridized carbons (Fsp3) is 0.474. The van der Waals surface area contributed by atoms with Gasteiger partial charge in [-0.3, -0.25) is 4.79 Å². The molecule has 1 rings (SSSR count). The van der Waals surface area contributed by atoms with Crippen molar-refractivity contribution < 1.29 is 4.79 Å². The lowest BCUT2D eigenvalue weighted by atomic mass is 10.1. The maximum atomic E-state index is 12.3. The second-order valence-electron chi connectivity index (χ2n) is 6.71. The van der Waals surface area contributed by atoms with Gasteiger partial charge in [0.25, 0.3) is 5.91 Å². The van der Waals surface area contributed by atoms with Gasteiger partial charge in [-0.2, -0.15) is 5.26 Å². The van der Waals surface area contributed by atoms with Gasteiger partial charge in [-0.25, -0.2) is 0 Å². The predicted octanol–water partition coefficient (Wildman–Crippen LogP) is 3.98. The number of nitrogens with zero attached hydrogens (tertiary/aromatic N) is 2. The summed E-state index contributed by atoms with van der Waals surface area (Å²) in [5, 5.41) is 12.8. The lowest BCUT2D eigenvalue weighted by molar-refractivity contribution is -0.117. The van der Waals surface area contributed by atoms with Gasteiger partial charge in [-0.15, -0.1) is 0 Å². The van der Waals surface area contributed by atoms with Gasteiger partial charge in [0.05, 0.1) is 0 Å². The van der Waals surface area contributed by atoms with E-state index < -0.39 is 0 Å². The molecule has 0 fully saturated rings. The predicted molar refractivity (Wildman–Crippen MR) is 98.2 cm³/mol. The highest BCUT2D eigenvalue weighted by atomic mass is 35.5. The smallest absolute Gasteiger partial charge is 0.263 e. The van der Waals surface area contributed by atoms with Crippen LogP contribution in [0.4, 0.5) is 0 Å². The Labute approximate surface area is 150 Å². The van der Waals surface area contributed by atoms with Gasteiger partial charge >= 0.3 is 0 Å². The summed E-state index contributed by atoms with van der Waals surface area (Å²) in [5.74, 6) is 0.555. The zero-order chi connectivity index (χ0) is 18.1. The summed E-state index contributed by atoms with van der Waals surface area (Å²) < 4.78 is 0. The molecule has 0 radical (unpaired) electrons. The molecule has 5 heteroatoms. The Morgan fingerprint density at radius 2 is 1.75 bits per heavy atom. The second kappa shape index (κ2) is 10.00. The first kappa shape index (κ1) is 20.1. The molecule has 0 unspecified atom stereocenters. The lowest BCUT2D eigenvalue weighted by Crippen LogP contribution is -2.30. The van der Waals surface area contributed by atoms with Crippen LogP contribution in [0.15, 0.2) is 36.0 Å². The van der Waals surface area contributed by atoms with E-state index in [4.69, 9.17) is 11.6 Å². The molecule has 0 heterocycles. The Morgan fingerprint density at radius 1 is 1.21 bits per heavy atom. The number of hydrogen-bond acceptors (Lipinski definition) is 3. The largest absolute Gasteiger partial charge is 0.376 e. The molecule has 0 aliphatic heterocycles. The van der Waals surface area contributed by atoms with Crippen molar-refractivity contribution in [1.29, 1.82) is 5.26 Å². The first-order valence-corrected chi connectivity index (χ1v) is 8.58. The minimum atomic E-state index is -0.357. The molecule has 130 valence electrons. The van der Waals surface area contributed by atoms with Gasteiger partial charge in [-0.05, 0) is 29.5 Å². The maximum absolute atomic E-state index is 12.3. The summed E-state index contributed by atoms with van der Waals surface area (Å²) in [6.07, 6.45) is 1.68.